The van der Waals surface area contributed by atoms with Crippen LogP contribution in [0.3, 0.4) is 0 Å². The van der Waals surface area contributed by atoms with Gasteiger partial charge in [0.2, 0.25) is 0 Å². The lowest BCUT2D eigenvalue weighted by molar-refractivity contribution is 0.235. The number of benzene rings is 2. The Bertz CT molecular complexity index is 721. The molecular weight excluding hydrogens is 358 g/mol. The summed E-state index contributed by atoms with van der Waals surface area (Å²) >= 11 is 0. The largest absolute Gasteiger partial charge is 0.489 e. The highest BCUT2D eigenvalue weighted by Crippen LogP contribution is 2.29. The Balaban J connectivity index is 1.48. The molecule has 1 aliphatic rings. The summed E-state index contributed by atoms with van der Waals surface area (Å²) in [5, 5.41) is 3.51. The lowest BCUT2D eigenvalue weighted by atomic mass is 10.1. The fourth-order valence-corrected chi connectivity index (χ4v) is 3.77. The number of ether oxygens (including phenoxy) is 1. The van der Waals surface area contributed by atoms with Crippen molar-refractivity contribution in [1.29, 1.82) is 0 Å². The first-order valence-corrected chi connectivity index (χ1v) is 11.2. The van der Waals surface area contributed by atoms with Crippen molar-refractivity contribution >= 4 is 5.69 Å². The molecule has 1 N–H and O–H groups in total. The van der Waals surface area contributed by atoms with Gasteiger partial charge in [0.05, 0.1) is 11.8 Å². The maximum Gasteiger partial charge on any atom is 0.142 e. The zero-order valence-corrected chi connectivity index (χ0v) is 18.4. The second kappa shape index (κ2) is 11.2. The number of para-hydroxylation sites is 2. The Morgan fingerprint density at radius 2 is 1.62 bits per heavy atom. The third-order valence-corrected chi connectivity index (χ3v) is 5.41. The highest BCUT2D eigenvalue weighted by atomic mass is 16.5. The number of piperazine rings is 1. The van der Waals surface area contributed by atoms with Gasteiger partial charge in [-0.1, -0.05) is 49.7 Å². The summed E-state index contributed by atoms with van der Waals surface area (Å²) in [5.74, 6) is 0.999. The van der Waals surface area contributed by atoms with Crippen LogP contribution in [0.5, 0.6) is 5.75 Å². The SMILES string of the molecule is CCCCNCc1ccc(CN2CCN(c3ccccc3OC(C)C)CC2)cc1. The maximum absolute atomic E-state index is 6.01. The average Bonchev–Trinajstić information content (AvgIpc) is 2.73. The zero-order valence-electron chi connectivity index (χ0n) is 18.4. The van der Waals surface area contributed by atoms with E-state index in [9.17, 15) is 0 Å². The van der Waals surface area contributed by atoms with Crippen LogP contribution >= 0.6 is 0 Å². The summed E-state index contributed by atoms with van der Waals surface area (Å²) in [7, 11) is 0. The van der Waals surface area contributed by atoms with Crippen LogP contribution in [0.2, 0.25) is 0 Å². The van der Waals surface area contributed by atoms with E-state index in [0.29, 0.717) is 0 Å². The fourth-order valence-electron chi connectivity index (χ4n) is 3.77. The summed E-state index contributed by atoms with van der Waals surface area (Å²) < 4.78 is 6.01. The van der Waals surface area contributed by atoms with Crippen molar-refractivity contribution in [2.75, 3.05) is 37.6 Å². The Labute approximate surface area is 176 Å². The molecule has 0 aromatic heterocycles. The van der Waals surface area contributed by atoms with Crippen LogP contribution < -0.4 is 15.0 Å². The Hall–Kier alpha value is -2.04. The Morgan fingerprint density at radius 1 is 0.931 bits per heavy atom. The molecule has 1 aliphatic heterocycles. The highest BCUT2D eigenvalue weighted by molar-refractivity contribution is 5.58. The van der Waals surface area contributed by atoms with Crippen LogP contribution in [0, 0.1) is 0 Å². The van der Waals surface area contributed by atoms with Gasteiger partial charge in [0.15, 0.2) is 0 Å². The van der Waals surface area contributed by atoms with E-state index in [0.717, 1.165) is 51.6 Å². The summed E-state index contributed by atoms with van der Waals surface area (Å²) in [4.78, 5) is 5.01. The molecule has 1 heterocycles. The summed E-state index contributed by atoms with van der Waals surface area (Å²) in [5.41, 5.74) is 4.00. The average molecular weight is 396 g/mol. The maximum atomic E-state index is 6.01. The molecule has 0 unspecified atom stereocenters. The van der Waals surface area contributed by atoms with Gasteiger partial charge in [-0.25, -0.2) is 0 Å². The topological polar surface area (TPSA) is 27.7 Å². The van der Waals surface area contributed by atoms with Crippen molar-refractivity contribution in [2.45, 2.75) is 52.8 Å². The molecule has 158 valence electrons. The summed E-state index contributed by atoms with van der Waals surface area (Å²) in [6.45, 7) is 13.7. The number of anilines is 1. The molecule has 0 amide bonds. The van der Waals surface area contributed by atoms with Crippen molar-refractivity contribution in [1.82, 2.24) is 10.2 Å². The quantitative estimate of drug-likeness (QED) is 0.591. The van der Waals surface area contributed by atoms with Gasteiger partial charge in [-0.3, -0.25) is 4.90 Å². The van der Waals surface area contributed by atoms with E-state index < -0.39 is 0 Å². The minimum absolute atomic E-state index is 0.197. The molecular formula is C25H37N3O. The minimum atomic E-state index is 0.197. The molecule has 3 rings (SSSR count). The summed E-state index contributed by atoms with van der Waals surface area (Å²) in [6, 6.07) is 17.5. The van der Waals surface area contributed by atoms with Crippen molar-refractivity contribution < 1.29 is 4.74 Å². The molecule has 1 saturated heterocycles. The molecule has 0 bridgehead atoms. The zero-order chi connectivity index (χ0) is 20.5. The van der Waals surface area contributed by atoms with Crippen LogP contribution in [-0.4, -0.2) is 43.7 Å². The van der Waals surface area contributed by atoms with E-state index in [-0.39, 0.29) is 6.10 Å². The second-order valence-corrected chi connectivity index (χ2v) is 8.24. The predicted octanol–water partition coefficient (Wildman–Crippen LogP) is 4.69. The van der Waals surface area contributed by atoms with Crippen LogP contribution in [-0.2, 0) is 13.1 Å². The first kappa shape index (κ1) is 21.7. The van der Waals surface area contributed by atoms with Gasteiger partial charge in [0.1, 0.15) is 5.75 Å². The van der Waals surface area contributed by atoms with Gasteiger partial charge < -0.3 is 15.0 Å². The molecule has 1 fully saturated rings. The Morgan fingerprint density at radius 3 is 2.31 bits per heavy atom. The third-order valence-electron chi connectivity index (χ3n) is 5.41. The molecule has 0 spiro atoms. The van der Waals surface area contributed by atoms with Gasteiger partial charge in [-0.2, -0.15) is 0 Å². The van der Waals surface area contributed by atoms with Gasteiger partial charge in [-0.15, -0.1) is 0 Å². The third kappa shape index (κ3) is 6.76. The number of rotatable bonds is 10. The van der Waals surface area contributed by atoms with Crippen molar-refractivity contribution in [3.8, 4) is 5.75 Å². The fraction of sp³-hybridized carbons (Fsp3) is 0.520. The molecule has 29 heavy (non-hydrogen) atoms. The van der Waals surface area contributed by atoms with Gasteiger partial charge in [0, 0.05) is 39.3 Å². The number of nitrogens with zero attached hydrogens (tertiary/aromatic N) is 2. The van der Waals surface area contributed by atoms with Crippen LogP contribution in [0.4, 0.5) is 5.69 Å². The van der Waals surface area contributed by atoms with Crippen LogP contribution in [0.25, 0.3) is 0 Å². The van der Waals surface area contributed by atoms with E-state index in [4.69, 9.17) is 4.74 Å². The first-order valence-electron chi connectivity index (χ1n) is 11.2. The lowest BCUT2D eigenvalue weighted by Gasteiger charge is -2.37. The molecule has 2 aromatic carbocycles. The first-order chi connectivity index (χ1) is 14.2. The number of nitrogens with one attached hydrogen (secondary N) is 1. The van der Waals surface area contributed by atoms with E-state index >= 15 is 0 Å². The van der Waals surface area contributed by atoms with Gasteiger partial charge in [0.25, 0.3) is 0 Å². The smallest absolute Gasteiger partial charge is 0.142 e. The highest BCUT2D eigenvalue weighted by Gasteiger charge is 2.20. The minimum Gasteiger partial charge on any atom is -0.489 e. The number of hydrogen-bond acceptors (Lipinski definition) is 4. The molecule has 0 saturated carbocycles. The molecule has 4 heteroatoms. The predicted molar refractivity (Wildman–Crippen MR) is 123 cm³/mol. The molecule has 0 atom stereocenters. The summed E-state index contributed by atoms with van der Waals surface area (Å²) in [6.07, 6.45) is 2.69. The molecule has 2 aromatic rings. The van der Waals surface area contributed by atoms with Crippen LogP contribution in [0.1, 0.15) is 44.7 Å². The molecule has 4 nitrogen and oxygen atoms in total. The normalized spacial score (nSPS) is 15.1. The number of hydrogen-bond donors (Lipinski definition) is 1. The van der Waals surface area contributed by atoms with E-state index in [1.165, 1.54) is 29.7 Å². The van der Waals surface area contributed by atoms with Crippen LogP contribution in [0.15, 0.2) is 48.5 Å². The second-order valence-electron chi connectivity index (χ2n) is 8.24. The van der Waals surface area contributed by atoms with E-state index in [1.54, 1.807) is 0 Å². The Kier molecular flexibility index (Phi) is 8.38. The van der Waals surface area contributed by atoms with Crippen molar-refractivity contribution in [2.24, 2.45) is 0 Å². The monoisotopic (exact) mass is 395 g/mol. The van der Waals surface area contributed by atoms with Crippen molar-refractivity contribution in [3.05, 3.63) is 59.7 Å². The van der Waals surface area contributed by atoms with Gasteiger partial charge in [-0.05, 0) is 50.1 Å². The van der Waals surface area contributed by atoms with E-state index in [2.05, 4.69) is 84.4 Å². The standard InChI is InChI=1S/C25H37N3O/c1-4-5-14-26-19-22-10-12-23(13-11-22)20-27-15-17-28(18-16-27)24-8-6-7-9-25(24)29-21(2)3/h6-13,21,26H,4-5,14-20H2,1-3H3. The lowest BCUT2D eigenvalue weighted by Crippen LogP contribution is -2.46. The van der Waals surface area contributed by atoms with Gasteiger partial charge >= 0.3 is 0 Å². The van der Waals surface area contributed by atoms with E-state index in [1.807, 2.05) is 0 Å². The number of unbranched alkanes of at least 4 members (excludes halogenated alkanes) is 1. The van der Waals surface area contributed by atoms with Crippen molar-refractivity contribution in [3.63, 3.8) is 0 Å². The molecule has 0 radical (unpaired) electrons. The molecule has 0 aliphatic carbocycles.